The van der Waals surface area contributed by atoms with Crippen molar-refractivity contribution in [2.24, 2.45) is 5.92 Å². The largest absolute Gasteiger partial charge is 0.477 e. The molecule has 0 aromatic carbocycles. The number of fused-ring (bicyclic) bond motifs is 1. The third-order valence-electron chi connectivity index (χ3n) is 4.39. The monoisotopic (exact) mass is 336 g/mol. The second-order valence-corrected chi connectivity index (χ2v) is 6.40. The Morgan fingerprint density at radius 1 is 1.43 bits per heavy atom. The molecule has 0 saturated carbocycles. The minimum Gasteiger partial charge on any atom is -0.477 e. The molecule has 0 aliphatic carbocycles. The number of nitrogens with zero attached hydrogens (tertiary/aromatic N) is 1. The number of aliphatic hydroxyl groups excluding tert-OH is 1. The molecule has 2 aliphatic rings. The summed E-state index contributed by atoms with van der Waals surface area (Å²) in [4.78, 5) is 37.0. The maximum Gasteiger partial charge on any atom is 0.352 e. The smallest absolute Gasteiger partial charge is 0.352 e. The molecule has 7 nitrogen and oxygen atoms in total. The molecular weight excluding hydrogens is 320 g/mol. The number of hydrogen-bond acceptors (Lipinski definition) is 5. The van der Waals surface area contributed by atoms with Crippen LogP contribution in [0, 0.1) is 5.92 Å². The third kappa shape index (κ3) is 2.17. The summed E-state index contributed by atoms with van der Waals surface area (Å²) >= 11 is 1.30. The molecule has 1 aromatic rings. The lowest BCUT2D eigenvalue weighted by Crippen LogP contribution is -2.61. The Balaban J connectivity index is 2.06. The molecule has 1 saturated heterocycles. The minimum atomic E-state index is -1.20. The molecule has 3 N–H and O–H groups in total. The molecule has 2 unspecified atom stereocenters. The zero-order valence-corrected chi connectivity index (χ0v) is 13.4. The molecule has 2 amide bonds. The highest BCUT2D eigenvalue weighted by Crippen LogP contribution is 2.47. The summed E-state index contributed by atoms with van der Waals surface area (Å²) in [7, 11) is 1.51. The zero-order valence-electron chi connectivity index (χ0n) is 12.6. The number of carboxylic acid groups (broad SMARTS) is 1. The van der Waals surface area contributed by atoms with Gasteiger partial charge in [0.1, 0.15) is 5.70 Å². The van der Waals surface area contributed by atoms with E-state index in [4.69, 9.17) is 0 Å². The van der Waals surface area contributed by atoms with Gasteiger partial charge in [0, 0.05) is 18.0 Å². The lowest BCUT2D eigenvalue weighted by molar-refractivity contribution is -0.161. The number of rotatable bonds is 4. The fraction of sp³-hybridized carbons (Fsp3) is 0.400. The van der Waals surface area contributed by atoms with Crippen molar-refractivity contribution in [3.8, 4) is 0 Å². The lowest BCUT2D eigenvalue weighted by atomic mass is 9.82. The van der Waals surface area contributed by atoms with E-state index >= 15 is 0 Å². The number of aliphatic hydroxyl groups is 1. The van der Waals surface area contributed by atoms with E-state index in [-0.39, 0.29) is 23.6 Å². The lowest BCUT2D eigenvalue weighted by Gasteiger charge is -2.44. The van der Waals surface area contributed by atoms with Gasteiger partial charge < -0.3 is 20.4 Å². The van der Waals surface area contributed by atoms with Gasteiger partial charge in [-0.15, -0.1) is 0 Å². The van der Waals surface area contributed by atoms with E-state index in [0.717, 1.165) is 0 Å². The number of aliphatic carboxylic acids is 1. The van der Waals surface area contributed by atoms with Crippen LogP contribution >= 0.6 is 11.3 Å². The van der Waals surface area contributed by atoms with Crippen LogP contribution in [0.5, 0.6) is 0 Å². The number of carbonyl (C=O) groups is 3. The SMILES string of the molecule is CNC(=O)c1cscc1C1=C(C(=O)O)N2C(=O)C([C@@H](C)O)C2C1. The van der Waals surface area contributed by atoms with E-state index in [1.807, 2.05) is 0 Å². The Morgan fingerprint density at radius 3 is 2.70 bits per heavy atom. The van der Waals surface area contributed by atoms with Gasteiger partial charge in [0.2, 0.25) is 5.91 Å². The van der Waals surface area contributed by atoms with Gasteiger partial charge in [-0.3, -0.25) is 9.59 Å². The zero-order chi connectivity index (χ0) is 16.9. The van der Waals surface area contributed by atoms with Gasteiger partial charge in [-0.05, 0) is 24.3 Å². The van der Waals surface area contributed by atoms with Crippen LogP contribution in [0.2, 0.25) is 0 Å². The summed E-state index contributed by atoms with van der Waals surface area (Å²) in [5.74, 6) is -2.47. The van der Waals surface area contributed by atoms with Crippen LogP contribution in [0.4, 0.5) is 0 Å². The van der Waals surface area contributed by atoms with E-state index in [2.05, 4.69) is 5.32 Å². The Morgan fingerprint density at radius 2 is 2.13 bits per heavy atom. The molecule has 23 heavy (non-hydrogen) atoms. The number of carbonyl (C=O) groups excluding carboxylic acids is 2. The van der Waals surface area contributed by atoms with E-state index in [9.17, 15) is 24.6 Å². The number of nitrogens with one attached hydrogen (secondary N) is 1. The molecule has 1 fully saturated rings. The fourth-order valence-corrected chi connectivity index (χ4v) is 4.19. The van der Waals surface area contributed by atoms with Crippen molar-refractivity contribution in [1.29, 1.82) is 0 Å². The van der Waals surface area contributed by atoms with Crippen LogP contribution in [0.15, 0.2) is 16.5 Å². The summed E-state index contributed by atoms with van der Waals surface area (Å²) in [5.41, 5.74) is 1.33. The first-order valence-corrected chi connectivity index (χ1v) is 8.09. The summed E-state index contributed by atoms with van der Waals surface area (Å²) in [6, 6.07) is -0.360. The molecular formula is C15H16N2O5S. The fourth-order valence-electron chi connectivity index (χ4n) is 3.35. The van der Waals surface area contributed by atoms with Crippen molar-refractivity contribution >= 4 is 34.7 Å². The number of thiophene rings is 1. The number of carboxylic acids is 1. The molecule has 3 heterocycles. The van der Waals surface area contributed by atoms with Gasteiger partial charge in [0.15, 0.2) is 0 Å². The molecule has 1 aromatic heterocycles. The van der Waals surface area contributed by atoms with Crippen LogP contribution in [0.25, 0.3) is 5.57 Å². The second-order valence-electron chi connectivity index (χ2n) is 5.66. The van der Waals surface area contributed by atoms with Crippen molar-refractivity contribution < 1.29 is 24.6 Å². The molecule has 122 valence electrons. The maximum atomic E-state index is 12.2. The Bertz CT molecular complexity index is 736. The van der Waals surface area contributed by atoms with Crippen molar-refractivity contribution in [3.05, 3.63) is 27.6 Å². The first-order valence-electron chi connectivity index (χ1n) is 7.14. The van der Waals surface area contributed by atoms with Crippen molar-refractivity contribution in [1.82, 2.24) is 10.2 Å². The van der Waals surface area contributed by atoms with Crippen LogP contribution in [-0.4, -0.2) is 52.1 Å². The molecule has 8 heteroatoms. The predicted molar refractivity (Wildman–Crippen MR) is 82.7 cm³/mol. The quantitative estimate of drug-likeness (QED) is 0.695. The minimum absolute atomic E-state index is 0.0829. The number of β-lactam (4-membered cyclic amide) rings is 1. The van der Waals surface area contributed by atoms with Crippen LogP contribution in [0.3, 0.4) is 0 Å². The van der Waals surface area contributed by atoms with Gasteiger partial charge in [0.25, 0.3) is 5.91 Å². The highest BCUT2D eigenvalue weighted by Gasteiger charge is 2.57. The molecule has 0 spiro atoms. The van der Waals surface area contributed by atoms with Crippen LogP contribution in [-0.2, 0) is 9.59 Å². The molecule has 0 radical (unpaired) electrons. The summed E-state index contributed by atoms with van der Waals surface area (Å²) < 4.78 is 0. The first kappa shape index (κ1) is 15.7. The van der Waals surface area contributed by atoms with Crippen molar-refractivity contribution in [3.63, 3.8) is 0 Å². The average molecular weight is 336 g/mol. The standard InChI is InChI=1S/C15H16N2O5S/c1-6(18)11-10-3-7(12(15(21)22)17(10)14(11)20)8-4-23-5-9(8)13(19)16-2/h4-6,10-11,18H,3H2,1-2H3,(H,16,19)(H,21,22)/t6-,10?,11?/m1/s1. The molecule has 3 rings (SSSR count). The van der Waals surface area contributed by atoms with Crippen molar-refractivity contribution in [2.45, 2.75) is 25.5 Å². The first-order chi connectivity index (χ1) is 10.9. The van der Waals surface area contributed by atoms with Gasteiger partial charge in [0.05, 0.1) is 23.6 Å². The van der Waals surface area contributed by atoms with Crippen LogP contribution in [0.1, 0.15) is 29.3 Å². The van der Waals surface area contributed by atoms with Gasteiger partial charge in [-0.2, -0.15) is 11.3 Å². The molecule has 0 bridgehead atoms. The Hall–Kier alpha value is -2.19. The van der Waals surface area contributed by atoms with E-state index in [1.54, 1.807) is 10.8 Å². The second kappa shape index (κ2) is 5.47. The summed E-state index contributed by atoms with van der Waals surface area (Å²) in [6.07, 6.45) is -0.511. The number of hydrogen-bond donors (Lipinski definition) is 3. The Kier molecular flexibility index (Phi) is 3.73. The normalized spacial score (nSPS) is 24.3. The third-order valence-corrected chi connectivity index (χ3v) is 5.13. The van der Waals surface area contributed by atoms with E-state index in [0.29, 0.717) is 23.1 Å². The number of amides is 2. The summed E-state index contributed by atoms with van der Waals surface area (Å²) in [6.45, 7) is 1.53. The Labute approximate surface area is 136 Å². The van der Waals surface area contributed by atoms with Gasteiger partial charge in [-0.25, -0.2) is 4.79 Å². The average Bonchev–Trinajstić information content (AvgIpc) is 3.07. The van der Waals surface area contributed by atoms with E-state index < -0.39 is 18.0 Å². The summed E-state index contributed by atoms with van der Waals surface area (Å²) in [5, 5.41) is 25.2. The van der Waals surface area contributed by atoms with Crippen molar-refractivity contribution in [2.75, 3.05) is 7.05 Å². The maximum absolute atomic E-state index is 12.2. The predicted octanol–water partition coefficient (Wildman–Crippen LogP) is 0.515. The molecule has 2 aliphatic heterocycles. The highest BCUT2D eigenvalue weighted by molar-refractivity contribution is 7.08. The highest BCUT2D eigenvalue weighted by atomic mass is 32.1. The topological polar surface area (TPSA) is 107 Å². The van der Waals surface area contributed by atoms with Crippen LogP contribution < -0.4 is 5.32 Å². The molecule has 3 atom stereocenters. The van der Waals surface area contributed by atoms with E-state index in [1.165, 1.54) is 30.2 Å². The van der Waals surface area contributed by atoms with Gasteiger partial charge >= 0.3 is 5.97 Å². The van der Waals surface area contributed by atoms with Gasteiger partial charge in [-0.1, -0.05) is 0 Å².